The highest BCUT2D eigenvalue weighted by molar-refractivity contribution is 6.32. The van der Waals surface area contributed by atoms with Gasteiger partial charge >= 0.3 is 0 Å². The van der Waals surface area contributed by atoms with Gasteiger partial charge in [-0.15, -0.1) is 0 Å². The minimum atomic E-state index is -0.375. The van der Waals surface area contributed by atoms with Crippen LogP contribution in [0, 0.1) is 0 Å². The second-order valence-electron chi connectivity index (χ2n) is 4.71. The average Bonchev–Trinajstić information content (AvgIpc) is 2.67. The van der Waals surface area contributed by atoms with Crippen molar-refractivity contribution in [1.29, 1.82) is 0 Å². The Kier molecular flexibility index (Phi) is 2.26. The number of fused-ring (bicyclic) bond motifs is 1. The van der Waals surface area contributed by atoms with Gasteiger partial charge in [0, 0.05) is 17.8 Å². The highest BCUT2D eigenvalue weighted by Crippen LogP contribution is 2.48. The molecule has 2 heterocycles. The SMILES string of the molecule is CC(=O)C1(c2c(Cl)cnc3[nH]ccc23)CCC1. The van der Waals surface area contributed by atoms with E-state index >= 15 is 0 Å². The quantitative estimate of drug-likeness (QED) is 0.887. The Bertz CT molecular complexity index is 598. The molecule has 1 saturated carbocycles. The molecule has 0 atom stereocenters. The summed E-state index contributed by atoms with van der Waals surface area (Å²) in [4.78, 5) is 19.3. The first-order chi connectivity index (χ1) is 8.15. The van der Waals surface area contributed by atoms with Crippen LogP contribution in [0.2, 0.25) is 5.02 Å². The first-order valence-electron chi connectivity index (χ1n) is 5.78. The largest absolute Gasteiger partial charge is 0.346 e. The minimum Gasteiger partial charge on any atom is -0.346 e. The van der Waals surface area contributed by atoms with Gasteiger partial charge in [-0.1, -0.05) is 18.0 Å². The summed E-state index contributed by atoms with van der Waals surface area (Å²) in [7, 11) is 0. The van der Waals surface area contributed by atoms with Crippen molar-refractivity contribution in [1.82, 2.24) is 9.97 Å². The van der Waals surface area contributed by atoms with Crippen molar-refractivity contribution in [2.24, 2.45) is 0 Å². The molecule has 0 aromatic carbocycles. The summed E-state index contributed by atoms with van der Waals surface area (Å²) >= 11 is 6.27. The van der Waals surface area contributed by atoms with Crippen molar-refractivity contribution in [2.75, 3.05) is 0 Å². The van der Waals surface area contributed by atoms with Crippen LogP contribution in [0.4, 0.5) is 0 Å². The molecule has 1 aliphatic carbocycles. The molecule has 0 saturated heterocycles. The number of pyridine rings is 1. The van der Waals surface area contributed by atoms with Crippen LogP contribution in [-0.2, 0) is 10.2 Å². The van der Waals surface area contributed by atoms with Gasteiger partial charge in [0.05, 0.1) is 10.4 Å². The van der Waals surface area contributed by atoms with Crippen molar-refractivity contribution in [3.8, 4) is 0 Å². The van der Waals surface area contributed by atoms with E-state index in [1.807, 2.05) is 12.3 Å². The smallest absolute Gasteiger partial charge is 0.140 e. The number of Topliss-reactive ketones (excluding diaryl/α,β-unsaturated/α-hetero) is 1. The number of nitrogens with zero attached hydrogens (tertiary/aromatic N) is 1. The second-order valence-corrected chi connectivity index (χ2v) is 5.12. The highest BCUT2D eigenvalue weighted by atomic mass is 35.5. The van der Waals surface area contributed by atoms with Crippen LogP contribution in [0.1, 0.15) is 31.7 Å². The number of carbonyl (C=O) groups excluding carboxylic acids is 1. The van der Waals surface area contributed by atoms with Crippen molar-refractivity contribution in [3.05, 3.63) is 29.0 Å². The number of hydrogen-bond donors (Lipinski definition) is 1. The molecule has 0 unspecified atom stereocenters. The predicted octanol–water partition coefficient (Wildman–Crippen LogP) is 3.23. The molecule has 1 fully saturated rings. The van der Waals surface area contributed by atoms with Gasteiger partial charge in [0.15, 0.2) is 0 Å². The third-order valence-electron chi connectivity index (χ3n) is 3.90. The summed E-state index contributed by atoms with van der Waals surface area (Å²) in [6, 6.07) is 1.95. The highest BCUT2D eigenvalue weighted by Gasteiger charge is 2.45. The van der Waals surface area contributed by atoms with E-state index in [1.54, 1.807) is 13.1 Å². The van der Waals surface area contributed by atoms with Gasteiger partial charge in [-0.2, -0.15) is 0 Å². The van der Waals surface area contributed by atoms with E-state index in [4.69, 9.17) is 11.6 Å². The zero-order valence-corrected chi connectivity index (χ0v) is 10.3. The van der Waals surface area contributed by atoms with Crippen molar-refractivity contribution >= 4 is 28.4 Å². The summed E-state index contributed by atoms with van der Waals surface area (Å²) in [5.74, 6) is 0.208. The van der Waals surface area contributed by atoms with E-state index in [2.05, 4.69) is 9.97 Å². The fourth-order valence-electron chi connectivity index (χ4n) is 2.78. The molecule has 3 rings (SSSR count). The number of hydrogen-bond acceptors (Lipinski definition) is 2. The zero-order chi connectivity index (χ0) is 12.0. The van der Waals surface area contributed by atoms with Crippen LogP contribution < -0.4 is 0 Å². The van der Waals surface area contributed by atoms with Crippen LogP contribution in [0.3, 0.4) is 0 Å². The molecular formula is C13H13ClN2O. The van der Waals surface area contributed by atoms with Gasteiger partial charge in [0.25, 0.3) is 0 Å². The Labute approximate surface area is 104 Å². The Morgan fingerprint density at radius 2 is 2.29 bits per heavy atom. The number of H-pyrrole nitrogens is 1. The summed E-state index contributed by atoms with van der Waals surface area (Å²) < 4.78 is 0. The molecule has 88 valence electrons. The zero-order valence-electron chi connectivity index (χ0n) is 9.59. The van der Waals surface area contributed by atoms with E-state index < -0.39 is 0 Å². The first-order valence-corrected chi connectivity index (χ1v) is 6.16. The summed E-state index contributed by atoms with van der Waals surface area (Å²) in [5.41, 5.74) is 1.39. The first kappa shape index (κ1) is 10.8. The van der Waals surface area contributed by atoms with Crippen molar-refractivity contribution in [2.45, 2.75) is 31.6 Å². The molecule has 2 aromatic rings. The van der Waals surface area contributed by atoms with E-state index in [9.17, 15) is 4.79 Å². The summed E-state index contributed by atoms with van der Waals surface area (Å²) in [6.45, 7) is 1.66. The fourth-order valence-corrected chi connectivity index (χ4v) is 3.11. The molecule has 4 heteroatoms. The van der Waals surface area contributed by atoms with Crippen LogP contribution in [0.25, 0.3) is 11.0 Å². The number of aromatic nitrogens is 2. The number of rotatable bonds is 2. The maximum atomic E-state index is 12.0. The normalized spacial score (nSPS) is 18.0. The van der Waals surface area contributed by atoms with Crippen LogP contribution in [0.5, 0.6) is 0 Å². The van der Waals surface area contributed by atoms with E-state index in [0.29, 0.717) is 5.02 Å². The number of aromatic amines is 1. The molecule has 2 aromatic heterocycles. The van der Waals surface area contributed by atoms with Crippen LogP contribution >= 0.6 is 11.6 Å². The molecule has 0 spiro atoms. The van der Waals surface area contributed by atoms with E-state index in [1.165, 1.54) is 0 Å². The topological polar surface area (TPSA) is 45.8 Å². The lowest BCUT2D eigenvalue weighted by atomic mass is 9.62. The van der Waals surface area contributed by atoms with Gasteiger partial charge in [0.1, 0.15) is 11.4 Å². The molecule has 0 radical (unpaired) electrons. The summed E-state index contributed by atoms with van der Waals surface area (Å²) in [6.07, 6.45) is 6.35. The lowest BCUT2D eigenvalue weighted by molar-refractivity contribution is -0.125. The predicted molar refractivity (Wildman–Crippen MR) is 67.3 cm³/mol. The van der Waals surface area contributed by atoms with Crippen molar-refractivity contribution in [3.63, 3.8) is 0 Å². The average molecular weight is 249 g/mol. The van der Waals surface area contributed by atoms with Crippen LogP contribution in [-0.4, -0.2) is 15.8 Å². The Hall–Kier alpha value is -1.35. The molecular weight excluding hydrogens is 236 g/mol. The maximum Gasteiger partial charge on any atom is 0.140 e. The number of carbonyl (C=O) groups is 1. The second kappa shape index (κ2) is 3.57. The number of halogens is 1. The Balaban J connectivity index is 2.32. The van der Waals surface area contributed by atoms with Gasteiger partial charge in [-0.3, -0.25) is 4.79 Å². The molecule has 3 nitrogen and oxygen atoms in total. The molecule has 1 N–H and O–H groups in total. The molecule has 0 aliphatic heterocycles. The van der Waals surface area contributed by atoms with Gasteiger partial charge < -0.3 is 4.98 Å². The monoisotopic (exact) mass is 248 g/mol. The summed E-state index contributed by atoms with van der Waals surface area (Å²) in [5, 5.41) is 1.58. The number of nitrogens with one attached hydrogen (secondary N) is 1. The molecule has 0 amide bonds. The Morgan fingerprint density at radius 1 is 1.53 bits per heavy atom. The van der Waals surface area contributed by atoms with Gasteiger partial charge in [-0.25, -0.2) is 4.98 Å². The Morgan fingerprint density at radius 3 is 2.88 bits per heavy atom. The third-order valence-corrected chi connectivity index (χ3v) is 4.19. The minimum absolute atomic E-state index is 0.208. The van der Waals surface area contributed by atoms with Gasteiger partial charge in [-0.05, 0) is 31.4 Å². The maximum absolute atomic E-state index is 12.0. The molecule has 17 heavy (non-hydrogen) atoms. The van der Waals surface area contributed by atoms with Crippen molar-refractivity contribution < 1.29 is 4.79 Å². The number of ketones is 1. The lowest BCUT2D eigenvalue weighted by Crippen LogP contribution is -2.41. The standard InChI is InChI=1S/C13H13ClN2O/c1-8(17)13(4-2-5-13)11-9-3-6-15-12(9)16-7-10(11)14/h3,6-7H,2,4-5H2,1H3,(H,15,16). The van der Waals surface area contributed by atoms with E-state index in [-0.39, 0.29) is 11.2 Å². The molecule has 0 bridgehead atoms. The molecule has 1 aliphatic rings. The lowest BCUT2D eigenvalue weighted by Gasteiger charge is -2.40. The third kappa shape index (κ3) is 1.35. The van der Waals surface area contributed by atoms with Crippen LogP contribution in [0.15, 0.2) is 18.5 Å². The van der Waals surface area contributed by atoms with E-state index in [0.717, 1.165) is 35.9 Å². The van der Waals surface area contributed by atoms with Gasteiger partial charge in [0.2, 0.25) is 0 Å². The fraction of sp³-hybridized carbons (Fsp3) is 0.385.